The van der Waals surface area contributed by atoms with Crippen LogP contribution in [0.1, 0.15) is 39.5 Å². The van der Waals surface area contributed by atoms with Crippen LogP contribution in [-0.4, -0.2) is 25.2 Å². The van der Waals surface area contributed by atoms with Crippen LogP contribution in [0.2, 0.25) is 0 Å². The predicted octanol–water partition coefficient (Wildman–Crippen LogP) is 2.23. The molecule has 92 valence electrons. The molecule has 0 saturated heterocycles. The van der Waals surface area contributed by atoms with Gasteiger partial charge in [0, 0.05) is 5.57 Å². The Morgan fingerprint density at radius 3 is 2.38 bits per heavy atom. The molecule has 0 saturated carbocycles. The van der Waals surface area contributed by atoms with Gasteiger partial charge in [-0.15, -0.1) is 0 Å². The van der Waals surface area contributed by atoms with Crippen molar-refractivity contribution in [3.8, 4) is 0 Å². The molecule has 4 nitrogen and oxygen atoms in total. The summed E-state index contributed by atoms with van der Waals surface area (Å²) in [6.45, 7) is 7.07. The van der Waals surface area contributed by atoms with Gasteiger partial charge in [0.2, 0.25) is 0 Å². The maximum Gasteiger partial charge on any atom is 0.347 e. The van der Waals surface area contributed by atoms with E-state index < -0.39 is 18.0 Å². The smallest absolute Gasteiger partial charge is 0.347 e. The molecule has 0 fully saturated rings. The molecule has 0 radical (unpaired) electrons. The van der Waals surface area contributed by atoms with Gasteiger partial charge in [-0.1, -0.05) is 26.3 Å². The van der Waals surface area contributed by atoms with E-state index in [0.717, 1.165) is 19.3 Å². The van der Waals surface area contributed by atoms with Crippen LogP contribution in [0.25, 0.3) is 0 Å². The van der Waals surface area contributed by atoms with Crippen LogP contribution >= 0.6 is 0 Å². The lowest BCUT2D eigenvalue weighted by Gasteiger charge is -2.15. The van der Waals surface area contributed by atoms with Crippen molar-refractivity contribution in [1.29, 1.82) is 0 Å². The zero-order valence-electron chi connectivity index (χ0n) is 10.2. The first-order valence-corrected chi connectivity index (χ1v) is 5.47. The third-order valence-corrected chi connectivity index (χ3v) is 2.13. The number of methoxy groups -OCH3 is 1. The largest absolute Gasteiger partial charge is 0.466 e. The predicted molar refractivity (Wildman–Crippen MR) is 60.9 cm³/mol. The second-order valence-electron chi connectivity index (χ2n) is 3.69. The highest BCUT2D eigenvalue weighted by molar-refractivity contribution is 5.89. The van der Waals surface area contributed by atoms with Gasteiger partial charge < -0.3 is 9.47 Å². The Morgan fingerprint density at radius 1 is 1.31 bits per heavy atom. The zero-order valence-corrected chi connectivity index (χ0v) is 10.2. The minimum Gasteiger partial charge on any atom is -0.466 e. The van der Waals surface area contributed by atoms with E-state index in [-0.39, 0.29) is 5.57 Å². The van der Waals surface area contributed by atoms with E-state index in [1.54, 1.807) is 6.92 Å². The van der Waals surface area contributed by atoms with Gasteiger partial charge in [0.25, 0.3) is 0 Å². The summed E-state index contributed by atoms with van der Waals surface area (Å²) in [5.74, 6) is -1.06. The van der Waals surface area contributed by atoms with Gasteiger partial charge in [0.05, 0.1) is 7.11 Å². The molecule has 0 amide bonds. The average Bonchev–Trinajstić information content (AvgIpc) is 2.26. The maximum atomic E-state index is 11.3. The number of ether oxygens (including phenoxy) is 2. The van der Waals surface area contributed by atoms with Crippen molar-refractivity contribution in [1.82, 2.24) is 0 Å². The van der Waals surface area contributed by atoms with E-state index in [4.69, 9.17) is 4.74 Å². The lowest BCUT2D eigenvalue weighted by Crippen LogP contribution is -2.28. The normalized spacial score (nSPS) is 11.7. The fourth-order valence-electron chi connectivity index (χ4n) is 1.17. The highest BCUT2D eigenvalue weighted by Gasteiger charge is 2.23. The van der Waals surface area contributed by atoms with Gasteiger partial charge in [0.15, 0.2) is 6.10 Å². The minimum absolute atomic E-state index is 0.282. The van der Waals surface area contributed by atoms with Gasteiger partial charge in [-0.3, -0.25) is 0 Å². The summed E-state index contributed by atoms with van der Waals surface area (Å²) < 4.78 is 9.58. The first-order valence-electron chi connectivity index (χ1n) is 5.47. The van der Waals surface area contributed by atoms with Crippen LogP contribution < -0.4 is 0 Å². The summed E-state index contributed by atoms with van der Waals surface area (Å²) in [6.07, 6.45) is 2.57. The van der Waals surface area contributed by atoms with E-state index in [1.807, 2.05) is 0 Å². The molecule has 1 atom stereocenters. The maximum absolute atomic E-state index is 11.3. The Labute approximate surface area is 96.6 Å². The fraction of sp³-hybridized carbons (Fsp3) is 0.667. The molecule has 0 rings (SSSR count). The number of rotatable bonds is 7. The van der Waals surface area contributed by atoms with E-state index >= 15 is 0 Å². The molecule has 0 heterocycles. The Bertz CT molecular complexity index is 258. The molecule has 16 heavy (non-hydrogen) atoms. The van der Waals surface area contributed by atoms with Crippen molar-refractivity contribution in [2.24, 2.45) is 0 Å². The SMILES string of the molecule is C=C(C)C(=O)OC(CCCCC)C(=O)OC. The van der Waals surface area contributed by atoms with Gasteiger partial charge >= 0.3 is 11.9 Å². The molecule has 0 aliphatic heterocycles. The molecule has 4 heteroatoms. The first kappa shape index (κ1) is 14.7. The Kier molecular flexibility index (Phi) is 7.25. The van der Waals surface area contributed by atoms with Crippen LogP contribution in [0.15, 0.2) is 12.2 Å². The summed E-state index contributed by atoms with van der Waals surface area (Å²) in [6, 6.07) is 0. The van der Waals surface area contributed by atoms with E-state index in [9.17, 15) is 9.59 Å². The molecular weight excluding hydrogens is 208 g/mol. The Balaban J connectivity index is 4.26. The molecule has 0 aromatic heterocycles. The molecule has 1 unspecified atom stereocenters. The molecule has 0 N–H and O–H groups in total. The highest BCUT2D eigenvalue weighted by Crippen LogP contribution is 2.10. The van der Waals surface area contributed by atoms with E-state index in [1.165, 1.54) is 7.11 Å². The summed E-state index contributed by atoms with van der Waals surface area (Å²) in [5.41, 5.74) is 0.282. The molecule has 0 aliphatic carbocycles. The summed E-state index contributed by atoms with van der Waals surface area (Å²) in [5, 5.41) is 0. The van der Waals surface area contributed by atoms with Crippen LogP contribution in [0.5, 0.6) is 0 Å². The highest BCUT2D eigenvalue weighted by atomic mass is 16.6. The second-order valence-corrected chi connectivity index (χ2v) is 3.69. The first-order chi connectivity index (χ1) is 7.52. The molecule has 0 aliphatic rings. The monoisotopic (exact) mass is 228 g/mol. The number of hydrogen-bond donors (Lipinski definition) is 0. The lowest BCUT2D eigenvalue weighted by atomic mass is 10.1. The molecule has 0 bridgehead atoms. The van der Waals surface area contributed by atoms with Crippen molar-refractivity contribution in [2.45, 2.75) is 45.6 Å². The molecular formula is C12H20O4. The second kappa shape index (κ2) is 7.91. The van der Waals surface area contributed by atoms with Gasteiger partial charge in [-0.2, -0.15) is 0 Å². The van der Waals surface area contributed by atoms with Crippen molar-refractivity contribution >= 4 is 11.9 Å². The van der Waals surface area contributed by atoms with Crippen LogP contribution in [0.3, 0.4) is 0 Å². The van der Waals surface area contributed by atoms with E-state index in [0.29, 0.717) is 6.42 Å². The minimum atomic E-state index is -0.805. The molecule has 0 aromatic rings. The lowest BCUT2D eigenvalue weighted by molar-refractivity contribution is -0.164. The zero-order chi connectivity index (χ0) is 12.6. The Morgan fingerprint density at radius 2 is 1.94 bits per heavy atom. The van der Waals surface area contributed by atoms with Gasteiger partial charge in [-0.25, -0.2) is 9.59 Å². The third kappa shape index (κ3) is 5.53. The Hall–Kier alpha value is -1.32. The number of unbranched alkanes of at least 4 members (excludes halogenated alkanes) is 2. The van der Waals surface area contributed by atoms with Crippen molar-refractivity contribution in [3.05, 3.63) is 12.2 Å². The van der Waals surface area contributed by atoms with E-state index in [2.05, 4.69) is 18.2 Å². The summed E-state index contributed by atoms with van der Waals surface area (Å²) in [7, 11) is 1.28. The van der Waals surface area contributed by atoms with Crippen LogP contribution in [-0.2, 0) is 19.1 Å². The summed E-state index contributed by atoms with van der Waals surface area (Å²) >= 11 is 0. The quantitative estimate of drug-likeness (QED) is 0.381. The third-order valence-electron chi connectivity index (χ3n) is 2.13. The molecule has 0 spiro atoms. The number of esters is 2. The average molecular weight is 228 g/mol. The molecule has 0 aromatic carbocycles. The van der Waals surface area contributed by atoms with Crippen molar-refractivity contribution < 1.29 is 19.1 Å². The van der Waals surface area contributed by atoms with Crippen LogP contribution in [0.4, 0.5) is 0 Å². The topological polar surface area (TPSA) is 52.6 Å². The van der Waals surface area contributed by atoms with Crippen molar-refractivity contribution in [3.63, 3.8) is 0 Å². The van der Waals surface area contributed by atoms with Gasteiger partial charge in [-0.05, 0) is 19.8 Å². The van der Waals surface area contributed by atoms with Gasteiger partial charge in [0.1, 0.15) is 0 Å². The fourth-order valence-corrected chi connectivity index (χ4v) is 1.17. The van der Waals surface area contributed by atoms with Crippen molar-refractivity contribution in [2.75, 3.05) is 7.11 Å². The number of carbonyl (C=O) groups is 2. The standard InChI is InChI=1S/C12H20O4/c1-5-6-7-8-10(12(14)15-4)16-11(13)9(2)3/h10H,2,5-8H2,1,3-4H3. The number of hydrogen-bond acceptors (Lipinski definition) is 4. The summed E-state index contributed by atoms with van der Waals surface area (Å²) in [4.78, 5) is 22.6. The van der Waals surface area contributed by atoms with Crippen LogP contribution in [0, 0.1) is 0 Å². The number of carbonyl (C=O) groups excluding carboxylic acids is 2.